The van der Waals surface area contributed by atoms with Gasteiger partial charge in [-0.05, 0) is 36.5 Å². The molecular formula is C14H20Cl2O3S. The monoisotopic (exact) mass is 338 g/mol. The maximum Gasteiger partial charge on any atom is 0.264 e. The highest BCUT2D eigenvalue weighted by atomic mass is 35.5. The van der Waals surface area contributed by atoms with E-state index >= 15 is 0 Å². The molecule has 1 atom stereocenters. The van der Waals surface area contributed by atoms with Crippen molar-refractivity contribution < 1.29 is 13.0 Å². The minimum absolute atomic E-state index is 0.190. The lowest BCUT2D eigenvalue weighted by Gasteiger charge is -2.17. The molecule has 1 N–H and O–H groups in total. The lowest BCUT2D eigenvalue weighted by atomic mass is 9.92. The average Bonchev–Trinajstić information content (AvgIpc) is 2.34. The fourth-order valence-electron chi connectivity index (χ4n) is 2.16. The number of hydrogen-bond donors (Lipinski definition) is 1. The van der Waals surface area contributed by atoms with Crippen molar-refractivity contribution in [3.8, 4) is 0 Å². The summed E-state index contributed by atoms with van der Waals surface area (Å²) in [5.74, 6) is -0.0115. The van der Waals surface area contributed by atoms with Gasteiger partial charge in [-0.1, -0.05) is 55.5 Å². The first-order valence-electron chi connectivity index (χ1n) is 6.71. The van der Waals surface area contributed by atoms with Crippen molar-refractivity contribution in [3.63, 3.8) is 0 Å². The Bertz CT molecular complexity index is 529. The molecule has 1 aromatic rings. The van der Waals surface area contributed by atoms with Gasteiger partial charge >= 0.3 is 0 Å². The summed E-state index contributed by atoms with van der Waals surface area (Å²) in [6, 6.07) is 5.34. The second-order valence-corrected chi connectivity index (χ2v) is 7.44. The van der Waals surface area contributed by atoms with E-state index in [-0.39, 0.29) is 11.7 Å². The van der Waals surface area contributed by atoms with Crippen LogP contribution in [0.3, 0.4) is 0 Å². The maximum atomic E-state index is 10.9. The largest absolute Gasteiger partial charge is 0.286 e. The van der Waals surface area contributed by atoms with Crippen LogP contribution in [-0.2, 0) is 16.5 Å². The van der Waals surface area contributed by atoms with E-state index in [2.05, 4.69) is 6.92 Å². The molecule has 0 aliphatic heterocycles. The van der Waals surface area contributed by atoms with Crippen molar-refractivity contribution in [1.82, 2.24) is 0 Å². The highest BCUT2D eigenvalue weighted by Crippen LogP contribution is 2.26. The molecule has 0 radical (unpaired) electrons. The third-order valence-electron chi connectivity index (χ3n) is 3.27. The predicted octanol–water partition coefficient (Wildman–Crippen LogP) is 4.62. The number of unbranched alkanes of at least 4 members (excludes halogenated alkanes) is 1. The van der Waals surface area contributed by atoms with Gasteiger partial charge in [-0.15, -0.1) is 0 Å². The zero-order valence-electron chi connectivity index (χ0n) is 11.5. The quantitative estimate of drug-likeness (QED) is 0.703. The van der Waals surface area contributed by atoms with Gasteiger partial charge in [0.05, 0.1) is 5.75 Å². The van der Waals surface area contributed by atoms with Crippen molar-refractivity contribution in [2.75, 3.05) is 5.75 Å². The summed E-state index contributed by atoms with van der Waals surface area (Å²) in [6.45, 7) is 2.09. The Morgan fingerprint density at radius 2 is 1.95 bits per heavy atom. The fourth-order valence-corrected chi connectivity index (χ4v) is 3.27. The summed E-state index contributed by atoms with van der Waals surface area (Å²) in [5.41, 5.74) is 0.965. The smallest absolute Gasteiger partial charge is 0.264 e. The van der Waals surface area contributed by atoms with Gasteiger partial charge in [-0.25, -0.2) is 0 Å². The second kappa shape index (κ2) is 8.23. The molecule has 114 valence electrons. The molecule has 0 fully saturated rings. The van der Waals surface area contributed by atoms with Crippen LogP contribution in [0.1, 0.15) is 38.2 Å². The summed E-state index contributed by atoms with van der Waals surface area (Å²) in [5, 5.41) is 1.19. The van der Waals surface area contributed by atoms with Crippen molar-refractivity contribution >= 4 is 33.3 Å². The van der Waals surface area contributed by atoms with E-state index in [1.807, 2.05) is 6.07 Å². The van der Waals surface area contributed by atoms with Crippen molar-refractivity contribution in [2.45, 2.75) is 39.0 Å². The Kier molecular flexibility index (Phi) is 7.30. The molecule has 0 aliphatic carbocycles. The standard InChI is InChI=1S/C14H20Cl2O3S/c1-2-3-4-11(7-8-20(17,18)19)9-12-5-6-13(15)10-14(12)16/h5-6,10-11H,2-4,7-9H2,1H3,(H,17,18,19). The average molecular weight is 339 g/mol. The fraction of sp³-hybridized carbons (Fsp3) is 0.571. The van der Waals surface area contributed by atoms with Gasteiger partial charge < -0.3 is 0 Å². The minimum Gasteiger partial charge on any atom is -0.286 e. The van der Waals surface area contributed by atoms with Crippen LogP contribution < -0.4 is 0 Å². The van der Waals surface area contributed by atoms with Gasteiger partial charge in [0.2, 0.25) is 0 Å². The third kappa shape index (κ3) is 6.93. The van der Waals surface area contributed by atoms with Gasteiger partial charge in [-0.2, -0.15) is 8.42 Å². The molecule has 0 spiro atoms. The van der Waals surface area contributed by atoms with Crippen molar-refractivity contribution in [3.05, 3.63) is 33.8 Å². The van der Waals surface area contributed by atoms with E-state index in [9.17, 15) is 8.42 Å². The van der Waals surface area contributed by atoms with Gasteiger partial charge in [0.25, 0.3) is 10.1 Å². The van der Waals surface area contributed by atoms with E-state index in [0.29, 0.717) is 22.9 Å². The van der Waals surface area contributed by atoms with E-state index in [4.69, 9.17) is 27.8 Å². The van der Waals surface area contributed by atoms with Crippen LogP contribution in [0.5, 0.6) is 0 Å². The van der Waals surface area contributed by atoms with E-state index in [0.717, 1.165) is 24.8 Å². The SMILES string of the molecule is CCCCC(CCS(=O)(=O)O)Cc1ccc(Cl)cc1Cl. The Morgan fingerprint density at radius 1 is 1.25 bits per heavy atom. The molecule has 1 rings (SSSR count). The first-order valence-corrected chi connectivity index (χ1v) is 9.07. The number of halogens is 2. The summed E-state index contributed by atoms with van der Waals surface area (Å²) < 4.78 is 30.6. The van der Waals surface area contributed by atoms with Gasteiger partial charge in [0.1, 0.15) is 0 Å². The molecule has 1 unspecified atom stereocenters. The minimum atomic E-state index is -3.91. The molecule has 0 saturated heterocycles. The molecule has 0 amide bonds. The highest BCUT2D eigenvalue weighted by Gasteiger charge is 2.15. The Hall–Kier alpha value is -0.290. The van der Waals surface area contributed by atoms with Crippen LogP contribution in [0, 0.1) is 5.92 Å². The summed E-state index contributed by atoms with van der Waals surface area (Å²) >= 11 is 12.0. The molecule has 6 heteroatoms. The van der Waals surface area contributed by atoms with Crippen LogP contribution in [0.15, 0.2) is 18.2 Å². The van der Waals surface area contributed by atoms with Gasteiger partial charge in [0, 0.05) is 10.0 Å². The number of benzene rings is 1. The van der Waals surface area contributed by atoms with Crippen LogP contribution in [0.25, 0.3) is 0 Å². The maximum absolute atomic E-state index is 10.9. The topological polar surface area (TPSA) is 54.4 Å². The first-order chi connectivity index (χ1) is 9.31. The zero-order valence-corrected chi connectivity index (χ0v) is 13.8. The zero-order chi connectivity index (χ0) is 15.2. The molecule has 20 heavy (non-hydrogen) atoms. The predicted molar refractivity (Wildman–Crippen MR) is 84.2 cm³/mol. The second-order valence-electron chi connectivity index (χ2n) is 5.02. The number of hydrogen-bond acceptors (Lipinski definition) is 2. The van der Waals surface area contributed by atoms with Gasteiger partial charge in [-0.3, -0.25) is 4.55 Å². The van der Waals surface area contributed by atoms with Crippen molar-refractivity contribution in [1.29, 1.82) is 0 Å². The molecular weight excluding hydrogens is 319 g/mol. The van der Waals surface area contributed by atoms with E-state index in [1.165, 1.54) is 0 Å². The summed E-state index contributed by atoms with van der Waals surface area (Å²) in [4.78, 5) is 0. The molecule has 0 bridgehead atoms. The van der Waals surface area contributed by atoms with Crippen molar-refractivity contribution in [2.24, 2.45) is 5.92 Å². The van der Waals surface area contributed by atoms with Crippen LogP contribution in [0.4, 0.5) is 0 Å². The van der Waals surface area contributed by atoms with Crippen LogP contribution in [-0.4, -0.2) is 18.7 Å². The molecule has 3 nitrogen and oxygen atoms in total. The highest BCUT2D eigenvalue weighted by molar-refractivity contribution is 7.85. The summed E-state index contributed by atoms with van der Waals surface area (Å²) in [6.07, 6.45) is 4.15. The lowest BCUT2D eigenvalue weighted by Crippen LogP contribution is -2.13. The third-order valence-corrected chi connectivity index (χ3v) is 4.61. The molecule has 1 aromatic carbocycles. The normalized spacial score (nSPS) is 13.4. The first kappa shape index (κ1) is 17.8. The summed E-state index contributed by atoms with van der Waals surface area (Å²) in [7, 11) is -3.91. The molecule has 0 heterocycles. The molecule has 0 saturated carbocycles. The van der Waals surface area contributed by atoms with Crippen LogP contribution in [0.2, 0.25) is 10.0 Å². The molecule has 0 aliphatic rings. The Labute approximate surface area is 131 Å². The lowest BCUT2D eigenvalue weighted by molar-refractivity contribution is 0.431. The Morgan fingerprint density at radius 3 is 2.50 bits per heavy atom. The Balaban J connectivity index is 2.72. The van der Waals surface area contributed by atoms with E-state index < -0.39 is 10.1 Å². The molecule has 0 aromatic heterocycles. The van der Waals surface area contributed by atoms with Gasteiger partial charge in [0.15, 0.2) is 0 Å². The number of rotatable bonds is 8. The van der Waals surface area contributed by atoms with E-state index in [1.54, 1.807) is 12.1 Å². The van der Waals surface area contributed by atoms with Crippen LogP contribution >= 0.6 is 23.2 Å².